The Hall–Kier alpha value is -2.04. The minimum atomic E-state index is -1.07. The Balaban J connectivity index is 2.14. The molecule has 0 aliphatic rings. The van der Waals surface area contributed by atoms with Gasteiger partial charge in [-0.05, 0) is 29.8 Å². The Morgan fingerprint density at radius 2 is 1.67 bits per heavy atom. The minimum absolute atomic E-state index is 0.0490. The van der Waals surface area contributed by atoms with Crippen LogP contribution in [0, 0.1) is 0 Å². The molecule has 6 heteroatoms. The first-order valence-electron chi connectivity index (χ1n) is 6.03. The third kappa shape index (κ3) is 4.21. The van der Waals surface area contributed by atoms with E-state index in [1.165, 1.54) is 6.07 Å². The number of rotatable bonds is 4. The summed E-state index contributed by atoms with van der Waals surface area (Å²) in [6, 6.07) is 11.0. The quantitative estimate of drug-likeness (QED) is 0.897. The highest BCUT2D eigenvalue weighted by Crippen LogP contribution is 2.22. The Bertz CT molecular complexity index is 681. The standard InChI is InChI=1S/C15H11Cl2NO3/c16-10-6-11(17)8-12(7-10)18-14(19)5-9-3-1-2-4-13(9)15(20)21/h1-4,6-8H,5H2,(H,18,19)(H,20,21). The maximum atomic E-state index is 12.0. The molecular formula is C15H11Cl2NO3. The van der Waals surface area contributed by atoms with E-state index in [0.29, 0.717) is 21.3 Å². The number of benzene rings is 2. The third-order valence-corrected chi connectivity index (χ3v) is 3.18. The molecule has 0 atom stereocenters. The van der Waals surface area contributed by atoms with E-state index in [0.717, 1.165) is 0 Å². The molecule has 2 rings (SSSR count). The second kappa shape index (κ2) is 6.61. The molecule has 0 radical (unpaired) electrons. The van der Waals surface area contributed by atoms with Crippen molar-refractivity contribution in [2.75, 3.05) is 5.32 Å². The van der Waals surface area contributed by atoms with Gasteiger partial charge in [-0.1, -0.05) is 41.4 Å². The van der Waals surface area contributed by atoms with Crippen LogP contribution in [-0.2, 0) is 11.2 Å². The first kappa shape index (κ1) is 15.4. The molecule has 0 aromatic heterocycles. The fourth-order valence-electron chi connectivity index (χ4n) is 1.89. The number of nitrogens with one attached hydrogen (secondary N) is 1. The van der Waals surface area contributed by atoms with Gasteiger partial charge >= 0.3 is 5.97 Å². The van der Waals surface area contributed by atoms with E-state index in [1.54, 1.807) is 36.4 Å². The largest absolute Gasteiger partial charge is 0.478 e. The number of hydrogen-bond donors (Lipinski definition) is 2. The Kier molecular flexibility index (Phi) is 4.83. The number of aromatic carboxylic acids is 1. The van der Waals surface area contributed by atoms with Gasteiger partial charge in [-0.3, -0.25) is 4.79 Å². The summed E-state index contributed by atoms with van der Waals surface area (Å²) in [6.07, 6.45) is -0.0490. The van der Waals surface area contributed by atoms with Crippen molar-refractivity contribution >= 4 is 40.8 Å². The Morgan fingerprint density at radius 1 is 1.05 bits per heavy atom. The lowest BCUT2D eigenvalue weighted by Gasteiger charge is -2.08. The highest BCUT2D eigenvalue weighted by molar-refractivity contribution is 6.35. The zero-order chi connectivity index (χ0) is 15.4. The summed E-state index contributed by atoms with van der Waals surface area (Å²) in [5.74, 6) is -1.41. The van der Waals surface area contributed by atoms with Crippen LogP contribution in [0.2, 0.25) is 10.0 Å². The summed E-state index contributed by atoms with van der Waals surface area (Å²) in [7, 11) is 0. The molecule has 0 fully saturated rings. The number of carbonyl (C=O) groups is 2. The molecule has 2 N–H and O–H groups in total. The van der Waals surface area contributed by atoms with Crippen LogP contribution in [0.4, 0.5) is 5.69 Å². The van der Waals surface area contributed by atoms with Crippen molar-refractivity contribution < 1.29 is 14.7 Å². The SMILES string of the molecule is O=C(Cc1ccccc1C(=O)O)Nc1cc(Cl)cc(Cl)c1. The lowest BCUT2D eigenvalue weighted by atomic mass is 10.0. The minimum Gasteiger partial charge on any atom is -0.478 e. The maximum Gasteiger partial charge on any atom is 0.335 e. The van der Waals surface area contributed by atoms with Gasteiger partial charge in [-0.2, -0.15) is 0 Å². The molecule has 21 heavy (non-hydrogen) atoms. The van der Waals surface area contributed by atoms with Gasteiger partial charge in [0.2, 0.25) is 5.91 Å². The lowest BCUT2D eigenvalue weighted by Crippen LogP contribution is -2.16. The molecular weight excluding hydrogens is 313 g/mol. The van der Waals surface area contributed by atoms with Crippen LogP contribution in [-0.4, -0.2) is 17.0 Å². The summed E-state index contributed by atoms with van der Waals surface area (Å²) in [6.45, 7) is 0. The summed E-state index contributed by atoms with van der Waals surface area (Å²) in [5, 5.41) is 12.5. The van der Waals surface area contributed by atoms with Crippen LogP contribution in [0.3, 0.4) is 0 Å². The Labute approximate surface area is 131 Å². The first-order chi connectivity index (χ1) is 9.95. The van der Waals surface area contributed by atoms with E-state index in [-0.39, 0.29) is 17.9 Å². The molecule has 1 amide bonds. The number of halogens is 2. The monoisotopic (exact) mass is 323 g/mol. The fourth-order valence-corrected chi connectivity index (χ4v) is 2.41. The normalized spacial score (nSPS) is 10.2. The van der Waals surface area contributed by atoms with Crippen molar-refractivity contribution in [2.24, 2.45) is 0 Å². The average Bonchev–Trinajstić information content (AvgIpc) is 2.37. The molecule has 0 aliphatic heterocycles. The molecule has 0 aliphatic carbocycles. The molecule has 0 spiro atoms. The van der Waals surface area contributed by atoms with Gasteiger partial charge < -0.3 is 10.4 Å². The van der Waals surface area contributed by atoms with Crippen LogP contribution in [0.15, 0.2) is 42.5 Å². The van der Waals surface area contributed by atoms with Crippen molar-refractivity contribution in [3.63, 3.8) is 0 Å². The molecule has 2 aromatic rings. The molecule has 2 aromatic carbocycles. The number of hydrogen-bond acceptors (Lipinski definition) is 2. The molecule has 0 bridgehead atoms. The van der Waals surface area contributed by atoms with Gasteiger partial charge in [0.15, 0.2) is 0 Å². The highest BCUT2D eigenvalue weighted by Gasteiger charge is 2.12. The van der Waals surface area contributed by atoms with Crippen molar-refractivity contribution in [2.45, 2.75) is 6.42 Å². The average molecular weight is 324 g/mol. The van der Waals surface area contributed by atoms with E-state index >= 15 is 0 Å². The zero-order valence-electron chi connectivity index (χ0n) is 10.8. The van der Waals surface area contributed by atoms with Crippen LogP contribution in [0.5, 0.6) is 0 Å². The summed E-state index contributed by atoms with van der Waals surface area (Å²) in [5.41, 5.74) is 1.01. The number of carboxylic acids is 1. The van der Waals surface area contributed by atoms with Crippen molar-refractivity contribution in [1.29, 1.82) is 0 Å². The smallest absolute Gasteiger partial charge is 0.335 e. The summed E-state index contributed by atoms with van der Waals surface area (Å²) >= 11 is 11.7. The molecule has 4 nitrogen and oxygen atoms in total. The topological polar surface area (TPSA) is 66.4 Å². The van der Waals surface area contributed by atoms with E-state index in [9.17, 15) is 9.59 Å². The molecule has 0 unspecified atom stereocenters. The van der Waals surface area contributed by atoms with Crippen LogP contribution in [0.1, 0.15) is 15.9 Å². The molecule has 0 heterocycles. The number of anilines is 1. The van der Waals surface area contributed by atoms with Gasteiger partial charge in [-0.15, -0.1) is 0 Å². The van der Waals surface area contributed by atoms with Gasteiger partial charge in [0.25, 0.3) is 0 Å². The molecule has 0 saturated carbocycles. The number of carbonyl (C=O) groups excluding carboxylic acids is 1. The summed E-state index contributed by atoms with van der Waals surface area (Å²) in [4.78, 5) is 23.1. The van der Waals surface area contributed by atoms with Gasteiger partial charge in [-0.25, -0.2) is 4.79 Å². The second-order valence-corrected chi connectivity index (χ2v) is 5.22. The van der Waals surface area contributed by atoms with Crippen molar-refractivity contribution in [1.82, 2.24) is 0 Å². The summed E-state index contributed by atoms with van der Waals surface area (Å²) < 4.78 is 0. The number of amides is 1. The van der Waals surface area contributed by atoms with Crippen molar-refractivity contribution in [3.05, 3.63) is 63.6 Å². The van der Waals surface area contributed by atoms with E-state index in [2.05, 4.69) is 5.32 Å². The first-order valence-corrected chi connectivity index (χ1v) is 6.78. The van der Waals surface area contributed by atoms with Crippen LogP contribution < -0.4 is 5.32 Å². The fraction of sp³-hybridized carbons (Fsp3) is 0.0667. The molecule has 0 saturated heterocycles. The van der Waals surface area contributed by atoms with E-state index in [1.807, 2.05) is 0 Å². The second-order valence-electron chi connectivity index (χ2n) is 4.35. The predicted octanol–water partition coefficient (Wildman–Crippen LogP) is 3.87. The Morgan fingerprint density at radius 3 is 2.29 bits per heavy atom. The van der Waals surface area contributed by atoms with Gasteiger partial charge in [0.05, 0.1) is 12.0 Å². The van der Waals surface area contributed by atoms with E-state index < -0.39 is 5.97 Å². The zero-order valence-corrected chi connectivity index (χ0v) is 12.3. The van der Waals surface area contributed by atoms with Gasteiger partial charge in [0, 0.05) is 15.7 Å². The maximum absolute atomic E-state index is 12.0. The third-order valence-electron chi connectivity index (χ3n) is 2.75. The van der Waals surface area contributed by atoms with Crippen molar-refractivity contribution in [3.8, 4) is 0 Å². The predicted molar refractivity (Wildman–Crippen MR) is 82.2 cm³/mol. The number of carboxylic acid groups (broad SMARTS) is 1. The van der Waals surface area contributed by atoms with Crippen LogP contribution >= 0.6 is 23.2 Å². The van der Waals surface area contributed by atoms with Gasteiger partial charge in [0.1, 0.15) is 0 Å². The van der Waals surface area contributed by atoms with E-state index in [4.69, 9.17) is 28.3 Å². The lowest BCUT2D eigenvalue weighted by molar-refractivity contribution is -0.115. The van der Waals surface area contributed by atoms with Crippen LogP contribution in [0.25, 0.3) is 0 Å². The molecule has 108 valence electrons. The highest BCUT2D eigenvalue weighted by atomic mass is 35.5.